The molecule has 0 aliphatic carbocycles. The van der Waals surface area contributed by atoms with Gasteiger partial charge in [-0.25, -0.2) is 12.8 Å². The number of sulfone groups is 1. The van der Waals surface area contributed by atoms with Gasteiger partial charge < -0.3 is 9.84 Å². The molecule has 0 atom stereocenters. The van der Waals surface area contributed by atoms with Gasteiger partial charge in [-0.15, -0.1) is 0 Å². The summed E-state index contributed by atoms with van der Waals surface area (Å²) in [5.74, 6) is 4.53. The van der Waals surface area contributed by atoms with Crippen LogP contribution in [-0.4, -0.2) is 38.2 Å². The molecule has 1 aromatic rings. The van der Waals surface area contributed by atoms with Gasteiger partial charge in [0.2, 0.25) is 0 Å². The maximum absolute atomic E-state index is 13.6. The van der Waals surface area contributed by atoms with E-state index in [0.29, 0.717) is 6.42 Å². The summed E-state index contributed by atoms with van der Waals surface area (Å²) < 4.78 is 41.7. The maximum Gasteiger partial charge on any atom is 0.153 e. The van der Waals surface area contributed by atoms with E-state index < -0.39 is 15.7 Å². The number of hydrogen-bond donors (Lipinski definition) is 1. The summed E-state index contributed by atoms with van der Waals surface area (Å²) >= 11 is 0. The lowest BCUT2D eigenvalue weighted by Gasteiger charge is -2.07. The van der Waals surface area contributed by atoms with E-state index in [0.717, 1.165) is 6.07 Å². The Kier molecular flexibility index (Phi) is 6.49. The van der Waals surface area contributed by atoms with E-state index in [-0.39, 0.29) is 36.0 Å². The van der Waals surface area contributed by atoms with Crippen molar-refractivity contribution in [1.29, 1.82) is 0 Å². The molecule has 1 N–H and O–H groups in total. The topological polar surface area (TPSA) is 63.6 Å². The molecule has 1 aromatic carbocycles. The van der Waals surface area contributed by atoms with Crippen molar-refractivity contribution in [3.8, 4) is 17.6 Å². The molecule has 0 saturated carbocycles. The molecule has 0 amide bonds. The van der Waals surface area contributed by atoms with Crippen LogP contribution >= 0.6 is 0 Å². The number of aliphatic hydroxyl groups excluding tert-OH is 1. The fraction of sp³-hybridized carbons (Fsp3) is 0.429. The summed E-state index contributed by atoms with van der Waals surface area (Å²) in [4.78, 5) is 0. The highest BCUT2D eigenvalue weighted by Crippen LogP contribution is 2.16. The van der Waals surface area contributed by atoms with Gasteiger partial charge in [-0.2, -0.15) is 0 Å². The molecule has 0 aliphatic heterocycles. The Hall–Kier alpha value is -1.58. The minimum absolute atomic E-state index is 0.0105. The van der Waals surface area contributed by atoms with E-state index in [2.05, 4.69) is 11.8 Å². The van der Waals surface area contributed by atoms with Gasteiger partial charge in [0.15, 0.2) is 9.84 Å². The van der Waals surface area contributed by atoms with Crippen LogP contribution < -0.4 is 4.74 Å². The van der Waals surface area contributed by atoms with E-state index in [1.807, 2.05) is 0 Å². The van der Waals surface area contributed by atoms with E-state index in [4.69, 9.17) is 9.84 Å². The van der Waals surface area contributed by atoms with Crippen LogP contribution in [0.1, 0.15) is 18.9 Å². The first-order valence-corrected chi connectivity index (χ1v) is 8.03. The summed E-state index contributed by atoms with van der Waals surface area (Å²) in [6.07, 6.45) is 0.565. The second-order valence-electron chi connectivity index (χ2n) is 4.10. The quantitative estimate of drug-likeness (QED) is 0.806. The summed E-state index contributed by atoms with van der Waals surface area (Å²) in [6.45, 7) is 1.44. The molecule has 0 aromatic heterocycles. The van der Waals surface area contributed by atoms with Crippen molar-refractivity contribution in [2.24, 2.45) is 0 Å². The minimum atomic E-state index is -3.10. The van der Waals surface area contributed by atoms with E-state index >= 15 is 0 Å². The van der Waals surface area contributed by atoms with Crippen molar-refractivity contribution in [2.75, 3.05) is 24.7 Å². The highest BCUT2D eigenvalue weighted by Gasteiger charge is 2.10. The number of aliphatic hydroxyl groups is 1. The standard InChI is InChI=1S/C14H17FO4S/c1-2-9-20(17,18)10-8-19-13-6-5-12(4-3-7-16)14(15)11-13/h5-6,11,16H,2,7-10H2,1H3. The van der Waals surface area contributed by atoms with Crippen molar-refractivity contribution in [2.45, 2.75) is 13.3 Å². The Morgan fingerprint density at radius 2 is 2.10 bits per heavy atom. The van der Waals surface area contributed by atoms with Crippen LogP contribution in [0.15, 0.2) is 18.2 Å². The highest BCUT2D eigenvalue weighted by molar-refractivity contribution is 7.91. The monoisotopic (exact) mass is 300 g/mol. The van der Waals surface area contributed by atoms with Crippen LogP contribution in [0.25, 0.3) is 0 Å². The van der Waals surface area contributed by atoms with Crippen molar-refractivity contribution in [1.82, 2.24) is 0 Å². The highest BCUT2D eigenvalue weighted by atomic mass is 32.2. The summed E-state index contributed by atoms with van der Waals surface area (Å²) in [6, 6.07) is 4.08. The zero-order valence-corrected chi connectivity index (χ0v) is 12.0. The molecule has 0 saturated heterocycles. The SMILES string of the molecule is CCCS(=O)(=O)CCOc1ccc(C#CCO)c(F)c1. The van der Waals surface area contributed by atoms with Gasteiger partial charge in [0.05, 0.1) is 17.1 Å². The summed E-state index contributed by atoms with van der Waals surface area (Å²) in [7, 11) is -3.10. The smallest absolute Gasteiger partial charge is 0.153 e. The third-order valence-corrected chi connectivity index (χ3v) is 4.24. The fourth-order valence-corrected chi connectivity index (χ4v) is 2.68. The number of halogens is 1. The number of rotatable bonds is 6. The Balaban J connectivity index is 2.60. The maximum atomic E-state index is 13.6. The predicted molar refractivity (Wildman–Crippen MR) is 74.8 cm³/mol. The molecular formula is C14H17FO4S. The summed E-state index contributed by atoms with van der Waals surface area (Å²) in [5.41, 5.74) is 0.157. The first-order valence-electron chi connectivity index (χ1n) is 6.21. The first-order chi connectivity index (χ1) is 9.48. The molecule has 0 heterocycles. The van der Waals surface area contributed by atoms with Gasteiger partial charge >= 0.3 is 0 Å². The van der Waals surface area contributed by atoms with Gasteiger partial charge in [-0.05, 0) is 18.6 Å². The Morgan fingerprint density at radius 1 is 1.35 bits per heavy atom. The lowest BCUT2D eigenvalue weighted by Crippen LogP contribution is -2.16. The molecule has 4 nitrogen and oxygen atoms in total. The Labute approximate surface area is 118 Å². The second kappa shape index (κ2) is 7.88. The molecule has 0 spiro atoms. The average molecular weight is 300 g/mol. The number of hydrogen-bond acceptors (Lipinski definition) is 4. The normalized spacial score (nSPS) is 10.8. The third-order valence-electron chi connectivity index (χ3n) is 2.42. The van der Waals surface area contributed by atoms with Crippen LogP contribution in [0.3, 0.4) is 0 Å². The molecule has 0 aliphatic rings. The van der Waals surface area contributed by atoms with Crippen molar-refractivity contribution >= 4 is 9.84 Å². The van der Waals surface area contributed by atoms with Gasteiger partial charge in [0.25, 0.3) is 0 Å². The molecule has 1 rings (SSSR count). The average Bonchev–Trinajstić information content (AvgIpc) is 2.37. The Bertz CT molecular complexity index is 599. The minimum Gasteiger partial charge on any atom is -0.492 e. The molecule has 0 fully saturated rings. The molecular weight excluding hydrogens is 283 g/mol. The molecule has 0 bridgehead atoms. The van der Waals surface area contributed by atoms with Gasteiger partial charge in [-0.3, -0.25) is 0 Å². The fourth-order valence-electron chi connectivity index (χ4n) is 1.52. The first kappa shape index (κ1) is 16.5. The van der Waals surface area contributed by atoms with Crippen molar-refractivity contribution < 1.29 is 22.7 Å². The van der Waals surface area contributed by atoms with Crippen LogP contribution in [0.5, 0.6) is 5.75 Å². The molecule has 20 heavy (non-hydrogen) atoms. The lowest BCUT2D eigenvalue weighted by atomic mass is 10.2. The number of benzene rings is 1. The van der Waals surface area contributed by atoms with Crippen LogP contribution in [0, 0.1) is 17.7 Å². The zero-order chi connectivity index (χ0) is 15.0. The van der Waals surface area contributed by atoms with E-state index in [9.17, 15) is 12.8 Å². The zero-order valence-electron chi connectivity index (χ0n) is 11.2. The summed E-state index contributed by atoms with van der Waals surface area (Å²) in [5, 5.41) is 8.53. The molecule has 6 heteroatoms. The third kappa shape index (κ3) is 5.59. The lowest BCUT2D eigenvalue weighted by molar-refractivity contribution is 0.339. The van der Waals surface area contributed by atoms with Crippen LogP contribution in [0.2, 0.25) is 0 Å². The predicted octanol–water partition coefficient (Wildman–Crippen LogP) is 1.37. The van der Waals surface area contributed by atoms with E-state index in [1.165, 1.54) is 12.1 Å². The van der Waals surface area contributed by atoms with Crippen molar-refractivity contribution in [3.63, 3.8) is 0 Å². The van der Waals surface area contributed by atoms with Crippen LogP contribution in [-0.2, 0) is 9.84 Å². The van der Waals surface area contributed by atoms with Crippen molar-refractivity contribution in [3.05, 3.63) is 29.6 Å². The molecule has 0 radical (unpaired) electrons. The Morgan fingerprint density at radius 3 is 2.70 bits per heavy atom. The molecule has 0 unspecified atom stereocenters. The van der Waals surface area contributed by atoms with Crippen LogP contribution in [0.4, 0.5) is 4.39 Å². The largest absolute Gasteiger partial charge is 0.492 e. The molecule has 110 valence electrons. The van der Waals surface area contributed by atoms with E-state index in [1.54, 1.807) is 6.92 Å². The second-order valence-corrected chi connectivity index (χ2v) is 6.41. The number of ether oxygens (including phenoxy) is 1. The van der Waals surface area contributed by atoms with Gasteiger partial charge in [0, 0.05) is 6.07 Å². The van der Waals surface area contributed by atoms with Gasteiger partial charge in [0.1, 0.15) is 24.8 Å². The van der Waals surface area contributed by atoms with Gasteiger partial charge in [-0.1, -0.05) is 18.8 Å².